The summed E-state index contributed by atoms with van der Waals surface area (Å²) in [5.41, 5.74) is 0.611. The Morgan fingerprint density at radius 3 is 2.64 bits per heavy atom. The Balaban J connectivity index is 1.85. The van der Waals surface area contributed by atoms with Gasteiger partial charge in [-0.2, -0.15) is 0 Å². The van der Waals surface area contributed by atoms with E-state index in [0.29, 0.717) is 17.2 Å². The second kappa shape index (κ2) is 7.68. The molecular formula is C16H15NO5. The monoisotopic (exact) mass is 301 g/mol. The van der Waals surface area contributed by atoms with Crippen LogP contribution < -0.4 is 10.1 Å². The minimum Gasteiger partial charge on any atom is -0.482 e. The first-order valence-electron chi connectivity index (χ1n) is 6.49. The van der Waals surface area contributed by atoms with Gasteiger partial charge in [0.15, 0.2) is 6.61 Å². The maximum Gasteiger partial charge on any atom is 0.343 e. The third-order valence-corrected chi connectivity index (χ3v) is 2.65. The summed E-state index contributed by atoms with van der Waals surface area (Å²) < 4.78 is 14.8. The van der Waals surface area contributed by atoms with Crippen LogP contribution in [0.4, 0.5) is 5.69 Å². The molecule has 0 unspecified atom stereocenters. The molecule has 6 heteroatoms. The quantitative estimate of drug-likeness (QED) is 0.655. The van der Waals surface area contributed by atoms with E-state index >= 15 is 0 Å². The van der Waals surface area contributed by atoms with Crippen molar-refractivity contribution in [2.24, 2.45) is 0 Å². The van der Waals surface area contributed by atoms with E-state index in [1.165, 1.54) is 19.4 Å². The van der Waals surface area contributed by atoms with E-state index in [2.05, 4.69) is 10.1 Å². The normalized spacial score (nSPS) is 10.4. The molecular weight excluding hydrogens is 286 g/mol. The average molecular weight is 301 g/mol. The summed E-state index contributed by atoms with van der Waals surface area (Å²) in [7, 11) is 1.29. The van der Waals surface area contributed by atoms with Crippen molar-refractivity contribution in [1.29, 1.82) is 0 Å². The van der Waals surface area contributed by atoms with Crippen molar-refractivity contribution in [3.05, 3.63) is 54.5 Å². The number of hydrogen-bond donors (Lipinski definition) is 1. The van der Waals surface area contributed by atoms with Gasteiger partial charge in [-0.3, -0.25) is 4.79 Å². The van der Waals surface area contributed by atoms with Crippen LogP contribution in [0, 0.1) is 0 Å². The van der Waals surface area contributed by atoms with Gasteiger partial charge in [-0.25, -0.2) is 4.79 Å². The van der Waals surface area contributed by atoms with Gasteiger partial charge < -0.3 is 19.2 Å². The molecule has 2 rings (SSSR count). The Morgan fingerprint density at radius 1 is 1.23 bits per heavy atom. The number of benzene rings is 1. The zero-order chi connectivity index (χ0) is 15.8. The third kappa shape index (κ3) is 4.82. The summed E-state index contributed by atoms with van der Waals surface area (Å²) in [6.07, 6.45) is 4.48. The molecule has 1 aromatic carbocycles. The maximum absolute atomic E-state index is 11.7. The summed E-state index contributed by atoms with van der Waals surface area (Å²) in [4.78, 5) is 22.7. The number of esters is 1. The van der Waals surface area contributed by atoms with Crippen LogP contribution in [-0.2, 0) is 14.3 Å². The van der Waals surface area contributed by atoms with E-state index in [0.717, 1.165) is 0 Å². The van der Waals surface area contributed by atoms with E-state index in [4.69, 9.17) is 9.15 Å². The lowest BCUT2D eigenvalue weighted by atomic mass is 10.3. The Kier molecular flexibility index (Phi) is 5.37. The number of rotatable bonds is 6. The summed E-state index contributed by atoms with van der Waals surface area (Å²) in [6, 6.07) is 10.1. The Labute approximate surface area is 127 Å². The molecule has 0 aliphatic heterocycles. The molecule has 22 heavy (non-hydrogen) atoms. The highest BCUT2D eigenvalue weighted by Crippen LogP contribution is 2.15. The molecule has 0 aliphatic carbocycles. The van der Waals surface area contributed by atoms with Crippen LogP contribution in [0.2, 0.25) is 0 Å². The fourth-order valence-corrected chi connectivity index (χ4v) is 1.56. The number of anilines is 1. The lowest BCUT2D eigenvalue weighted by molar-refractivity contribution is -0.142. The van der Waals surface area contributed by atoms with Crippen molar-refractivity contribution < 1.29 is 23.5 Å². The molecule has 1 N–H and O–H groups in total. The van der Waals surface area contributed by atoms with E-state index in [9.17, 15) is 9.59 Å². The van der Waals surface area contributed by atoms with Gasteiger partial charge in [-0.05, 0) is 42.5 Å². The zero-order valence-corrected chi connectivity index (χ0v) is 11.9. The van der Waals surface area contributed by atoms with Crippen molar-refractivity contribution in [2.45, 2.75) is 0 Å². The van der Waals surface area contributed by atoms with Gasteiger partial charge in [-0.15, -0.1) is 0 Å². The molecule has 0 fully saturated rings. The molecule has 2 aromatic rings. The van der Waals surface area contributed by atoms with Crippen molar-refractivity contribution in [1.82, 2.24) is 0 Å². The highest BCUT2D eigenvalue weighted by Gasteiger charge is 2.03. The van der Waals surface area contributed by atoms with Crippen molar-refractivity contribution in [3.63, 3.8) is 0 Å². The van der Waals surface area contributed by atoms with Gasteiger partial charge in [0.2, 0.25) is 5.91 Å². The largest absolute Gasteiger partial charge is 0.482 e. The first-order chi connectivity index (χ1) is 10.7. The van der Waals surface area contributed by atoms with Crippen LogP contribution in [0.3, 0.4) is 0 Å². The smallest absolute Gasteiger partial charge is 0.343 e. The van der Waals surface area contributed by atoms with Crippen molar-refractivity contribution in [2.75, 3.05) is 19.0 Å². The number of amides is 1. The van der Waals surface area contributed by atoms with E-state index in [1.807, 2.05) is 0 Å². The van der Waals surface area contributed by atoms with Crippen molar-refractivity contribution in [3.8, 4) is 5.75 Å². The Hall–Kier alpha value is -3.02. The molecule has 0 saturated carbocycles. The zero-order valence-electron chi connectivity index (χ0n) is 11.9. The fraction of sp³-hybridized carbons (Fsp3) is 0.125. The van der Waals surface area contributed by atoms with Gasteiger partial charge in [0, 0.05) is 11.8 Å². The number of carbonyl (C=O) groups is 2. The number of nitrogens with one attached hydrogen (secondary N) is 1. The highest BCUT2D eigenvalue weighted by molar-refractivity contribution is 6.01. The first kappa shape index (κ1) is 15.4. The van der Waals surface area contributed by atoms with Crippen molar-refractivity contribution >= 4 is 23.6 Å². The summed E-state index contributed by atoms with van der Waals surface area (Å²) >= 11 is 0. The molecule has 1 heterocycles. The SMILES string of the molecule is COC(=O)COc1ccc(NC(=O)C=Cc2ccco2)cc1. The Bertz CT molecular complexity index is 644. The number of ether oxygens (including phenoxy) is 2. The van der Waals surface area contributed by atoms with E-state index < -0.39 is 5.97 Å². The highest BCUT2D eigenvalue weighted by atomic mass is 16.6. The predicted octanol–water partition coefficient (Wildman–Crippen LogP) is 2.48. The van der Waals surface area contributed by atoms with Crippen LogP contribution in [0.5, 0.6) is 5.75 Å². The molecule has 6 nitrogen and oxygen atoms in total. The minimum absolute atomic E-state index is 0.159. The number of methoxy groups -OCH3 is 1. The molecule has 114 valence electrons. The van der Waals surface area contributed by atoms with Gasteiger partial charge in [-0.1, -0.05) is 0 Å². The second-order valence-electron chi connectivity index (χ2n) is 4.23. The number of hydrogen-bond acceptors (Lipinski definition) is 5. The maximum atomic E-state index is 11.7. The van der Waals surface area contributed by atoms with Crippen LogP contribution in [-0.4, -0.2) is 25.6 Å². The third-order valence-electron chi connectivity index (χ3n) is 2.65. The van der Waals surface area contributed by atoms with Crippen LogP contribution >= 0.6 is 0 Å². The average Bonchev–Trinajstić information content (AvgIpc) is 3.05. The Morgan fingerprint density at radius 2 is 2.00 bits per heavy atom. The van der Waals surface area contributed by atoms with Gasteiger partial charge in [0.25, 0.3) is 0 Å². The molecule has 0 radical (unpaired) electrons. The minimum atomic E-state index is -0.458. The van der Waals surface area contributed by atoms with Gasteiger partial charge in [0.05, 0.1) is 13.4 Å². The van der Waals surface area contributed by atoms with E-state index in [-0.39, 0.29) is 12.5 Å². The lowest BCUT2D eigenvalue weighted by Gasteiger charge is -2.06. The van der Waals surface area contributed by atoms with E-state index in [1.54, 1.807) is 42.5 Å². The molecule has 0 atom stereocenters. The topological polar surface area (TPSA) is 77.8 Å². The van der Waals surface area contributed by atoms with Crippen LogP contribution in [0.15, 0.2) is 53.2 Å². The summed E-state index contributed by atoms with van der Waals surface area (Å²) in [5, 5.41) is 2.69. The molecule has 0 bridgehead atoms. The molecule has 0 spiro atoms. The first-order valence-corrected chi connectivity index (χ1v) is 6.49. The molecule has 1 aromatic heterocycles. The second-order valence-corrected chi connectivity index (χ2v) is 4.23. The standard InChI is InChI=1S/C16H15NO5/c1-20-16(19)11-22-14-6-4-12(5-7-14)17-15(18)9-8-13-3-2-10-21-13/h2-10H,11H2,1H3,(H,17,18). The fourth-order valence-electron chi connectivity index (χ4n) is 1.56. The molecule has 0 saturated heterocycles. The van der Waals surface area contributed by atoms with Crippen LogP contribution in [0.1, 0.15) is 5.76 Å². The van der Waals surface area contributed by atoms with Crippen LogP contribution in [0.25, 0.3) is 6.08 Å². The predicted molar refractivity (Wildman–Crippen MR) is 80.3 cm³/mol. The lowest BCUT2D eigenvalue weighted by Crippen LogP contribution is -2.12. The van der Waals surface area contributed by atoms with Gasteiger partial charge in [0.1, 0.15) is 11.5 Å². The van der Waals surface area contributed by atoms with Gasteiger partial charge >= 0.3 is 5.97 Å². The number of carbonyl (C=O) groups excluding carboxylic acids is 2. The summed E-state index contributed by atoms with van der Waals surface area (Å²) in [5.74, 6) is 0.372. The molecule has 0 aliphatic rings. The molecule has 1 amide bonds. The number of furan rings is 1. The summed E-state index contributed by atoms with van der Waals surface area (Å²) in [6.45, 7) is -0.159.